The monoisotopic (exact) mass is 253 g/mol. The Bertz CT molecular complexity index is 328. The van der Waals surface area contributed by atoms with Crippen molar-refractivity contribution in [3.8, 4) is 0 Å². The van der Waals surface area contributed by atoms with E-state index in [9.17, 15) is 0 Å². The van der Waals surface area contributed by atoms with Crippen molar-refractivity contribution < 1.29 is 4.74 Å². The molecule has 0 fully saturated rings. The van der Waals surface area contributed by atoms with Gasteiger partial charge in [-0.1, -0.05) is 13.8 Å². The Kier molecular flexibility index (Phi) is 6.56. The number of anilines is 1. The molecule has 0 aliphatic rings. The van der Waals surface area contributed by atoms with E-state index in [4.69, 9.17) is 10.6 Å². The third-order valence-electron chi connectivity index (χ3n) is 2.47. The zero-order valence-corrected chi connectivity index (χ0v) is 11.4. The van der Waals surface area contributed by atoms with Gasteiger partial charge in [0.05, 0.1) is 24.7 Å². The summed E-state index contributed by atoms with van der Waals surface area (Å²) in [6, 6.07) is 0. The lowest BCUT2D eigenvalue weighted by atomic mass is 10.2. The molecule has 0 bridgehead atoms. The maximum atomic E-state index is 5.25. The molecule has 0 saturated heterocycles. The summed E-state index contributed by atoms with van der Waals surface area (Å²) in [5.41, 5.74) is 3.40. The van der Waals surface area contributed by atoms with E-state index in [-0.39, 0.29) is 0 Å². The van der Waals surface area contributed by atoms with E-state index in [2.05, 4.69) is 34.1 Å². The van der Waals surface area contributed by atoms with Crippen molar-refractivity contribution in [3.05, 3.63) is 18.1 Å². The number of rotatable bonds is 8. The van der Waals surface area contributed by atoms with Crippen LogP contribution in [-0.4, -0.2) is 41.7 Å². The third-order valence-corrected chi connectivity index (χ3v) is 2.47. The second-order valence-electron chi connectivity index (χ2n) is 4.66. The lowest BCUT2D eigenvalue weighted by Crippen LogP contribution is -2.31. The predicted octanol–water partition coefficient (Wildman–Crippen LogP) is 0.867. The molecule has 18 heavy (non-hydrogen) atoms. The highest BCUT2D eigenvalue weighted by molar-refractivity contribution is 5.28. The largest absolute Gasteiger partial charge is 0.383 e. The molecule has 1 aromatic rings. The van der Waals surface area contributed by atoms with Gasteiger partial charge in [-0.05, 0) is 5.92 Å². The van der Waals surface area contributed by atoms with Crippen molar-refractivity contribution in [3.63, 3.8) is 0 Å². The molecule has 1 rings (SSSR count). The number of hydrogen-bond donors (Lipinski definition) is 2. The van der Waals surface area contributed by atoms with Crippen LogP contribution in [0.1, 0.15) is 19.5 Å². The van der Waals surface area contributed by atoms with Crippen molar-refractivity contribution >= 4 is 5.82 Å². The fraction of sp³-hybridized carbons (Fsp3) is 0.667. The van der Waals surface area contributed by atoms with Gasteiger partial charge in [-0.3, -0.25) is 9.88 Å². The molecule has 0 radical (unpaired) electrons. The number of hydrogen-bond acceptors (Lipinski definition) is 6. The van der Waals surface area contributed by atoms with Crippen molar-refractivity contribution in [1.82, 2.24) is 14.9 Å². The van der Waals surface area contributed by atoms with Crippen LogP contribution < -0.4 is 11.3 Å². The lowest BCUT2D eigenvalue weighted by Gasteiger charge is -2.23. The number of nitrogens with two attached hydrogens (primary N) is 1. The van der Waals surface area contributed by atoms with Gasteiger partial charge in [-0.25, -0.2) is 10.8 Å². The van der Waals surface area contributed by atoms with Gasteiger partial charge < -0.3 is 10.2 Å². The Morgan fingerprint density at radius 2 is 2.17 bits per heavy atom. The second-order valence-corrected chi connectivity index (χ2v) is 4.66. The zero-order chi connectivity index (χ0) is 13.4. The molecule has 0 aromatic carbocycles. The molecule has 102 valence electrons. The van der Waals surface area contributed by atoms with Crippen LogP contribution in [-0.2, 0) is 11.3 Å². The van der Waals surface area contributed by atoms with Crippen molar-refractivity contribution in [2.24, 2.45) is 11.8 Å². The average Bonchev–Trinajstić information content (AvgIpc) is 2.36. The first-order valence-corrected chi connectivity index (χ1v) is 6.14. The SMILES string of the molecule is COCCN(Cc1cnc(NN)cn1)CC(C)C. The Hall–Kier alpha value is -1.24. The van der Waals surface area contributed by atoms with Gasteiger partial charge in [0, 0.05) is 26.7 Å². The maximum Gasteiger partial charge on any atom is 0.158 e. The topological polar surface area (TPSA) is 76.3 Å². The minimum absolute atomic E-state index is 0.575. The van der Waals surface area contributed by atoms with Crippen LogP contribution in [0.2, 0.25) is 0 Å². The van der Waals surface area contributed by atoms with E-state index in [0.717, 1.165) is 31.9 Å². The summed E-state index contributed by atoms with van der Waals surface area (Å²) in [6.07, 6.45) is 3.38. The molecular formula is C12H23N5O. The Balaban J connectivity index is 2.56. The molecule has 1 heterocycles. The molecule has 0 aliphatic heterocycles. The normalized spacial score (nSPS) is 11.2. The van der Waals surface area contributed by atoms with Crippen LogP contribution in [0.25, 0.3) is 0 Å². The van der Waals surface area contributed by atoms with Crippen LogP contribution in [0.5, 0.6) is 0 Å². The highest BCUT2D eigenvalue weighted by Crippen LogP contribution is 2.06. The first-order valence-electron chi connectivity index (χ1n) is 6.14. The maximum absolute atomic E-state index is 5.25. The first-order chi connectivity index (χ1) is 8.65. The third kappa shape index (κ3) is 5.39. The second kappa shape index (κ2) is 7.97. The van der Waals surface area contributed by atoms with E-state index < -0.39 is 0 Å². The molecule has 0 spiro atoms. The summed E-state index contributed by atoms with van der Waals surface area (Å²) in [4.78, 5) is 10.8. The highest BCUT2D eigenvalue weighted by Gasteiger charge is 2.09. The lowest BCUT2D eigenvalue weighted by molar-refractivity contribution is 0.135. The van der Waals surface area contributed by atoms with Gasteiger partial charge in [0.25, 0.3) is 0 Å². The fourth-order valence-electron chi connectivity index (χ4n) is 1.71. The number of nitrogens with zero attached hydrogens (tertiary/aromatic N) is 3. The number of nitrogen functional groups attached to an aromatic ring is 1. The van der Waals surface area contributed by atoms with Gasteiger partial charge in [-0.15, -0.1) is 0 Å². The smallest absolute Gasteiger partial charge is 0.158 e. The Morgan fingerprint density at radius 3 is 2.67 bits per heavy atom. The Labute approximate surface area is 109 Å². The minimum Gasteiger partial charge on any atom is -0.383 e. The standard InChI is InChI=1S/C12H23N5O/c1-10(2)8-17(4-5-18-3)9-11-6-15-12(16-13)7-14-11/h6-7,10H,4-5,8-9,13H2,1-3H3,(H,15,16). The molecule has 0 amide bonds. The van der Waals surface area contributed by atoms with Gasteiger partial charge in [0.1, 0.15) is 0 Å². The van der Waals surface area contributed by atoms with Crippen LogP contribution in [0.3, 0.4) is 0 Å². The molecule has 6 heteroatoms. The first kappa shape index (κ1) is 14.8. The van der Waals surface area contributed by atoms with E-state index in [0.29, 0.717) is 11.7 Å². The van der Waals surface area contributed by atoms with E-state index in [1.165, 1.54) is 0 Å². The van der Waals surface area contributed by atoms with E-state index >= 15 is 0 Å². The molecular weight excluding hydrogens is 230 g/mol. The molecule has 0 atom stereocenters. The van der Waals surface area contributed by atoms with Crippen molar-refractivity contribution in [2.75, 3.05) is 32.2 Å². The van der Waals surface area contributed by atoms with Crippen LogP contribution in [0, 0.1) is 5.92 Å². The predicted molar refractivity (Wildman–Crippen MR) is 71.8 cm³/mol. The summed E-state index contributed by atoms with van der Waals surface area (Å²) in [5, 5.41) is 0. The molecule has 1 aromatic heterocycles. The zero-order valence-electron chi connectivity index (χ0n) is 11.4. The number of hydrazine groups is 1. The number of ether oxygens (including phenoxy) is 1. The number of methoxy groups -OCH3 is 1. The van der Waals surface area contributed by atoms with Crippen LogP contribution in [0.4, 0.5) is 5.82 Å². The number of nitrogens with one attached hydrogen (secondary N) is 1. The van der Waals surface area contributed by atoms with Crippen LogP contribution in [0.15, 0.2) is 12.4 Å². The van der Waals surface area contributed by atoms with Crippen molar-refractivity contribution in [2.45, 2.75) is 20.4 Å². The minimum atomic E-state index is 0.575. The van der Waals surface area contributed by atoms with Crippen LogP contribution >= 0.6 is 0 Å². The summed E-state index contributed by atoms with van der Waals surface area (Å²) in [6.45, 7) is 7.82. The molecule has 0 aliphatic carbocycles. The summed E-state index contributed by atoms with van der Waals surface area (Å²) in [7, 11) is 1.72. The fourth-order valence-corrected chi connectivity index (χ4v) is 1.71. The molecule has 6 nitrogen and oxygen atoms in total. The molecule has 3 N–H and O–H groups in total. The highest BCUT2D eigenvalue weighted by atomic mass is 16.5. The summed E-state index contributed by atoms with van der Waals surface area (Å²) >= 11 is 0. The van der Waals surface area contributed by atoms with Gasteiger partial charge in [0.15, 0.2) is 5.82 Å². The van der Waals surface area contributed by atoms with Crippen molar-refractivity contribution in [1.29, 1.82) is 0 Å². The Morgan fingerprint density at radius 1 is 1.39 bits per heavy atom. The van der Waals surface area contributed by atoms with E-state index in [1.54, 1.807) is 19.5 Å². The van der Waals surface area contributed by atoms with Gasteiger partial charge in [-0.2, -0.15) is 0 Å². The van der Waals surface area contributed by atoms with Gasteiger partial charge in [0.2, 0.25) is 0 Å². The van der Waals surface area contributed by atoms with E-state index in [1.807, 2.05) is 0 Å². The summed E-state index contributed by atoms with van der Waals surface area (Å²) in [5.74, 6) is 6.44. The average molecular weight is 253 g/mol. The van der Waals surface area contributed by atoms with Gasteiger partial charge >= 0.3 is 0 Å². The summed E-state index contributed by atoms with van der Waals surface area (Å²) < 4.78 is 5.12. The molecule has 0 unspecified atom stereocenters. The molecule has 0 saturated carbocycles. The quantitative estimate of drug-likeness (QED) is 0.529. The number of aromatic nitrogens is 2.